The molecule has 1 aromatic carbocycles. The van der Waals surface area contributed by atoms with E-state index in [1.807, 2.05) is 41.9 Å². The van der Waals surface area contributed by atoms with Crippen molar-refractivity contribution in [1.29, 1.82) is 0 Å². The van der Waals surface area contributed by atoms with Crippen molar-refractivity contribution in [2.24, 2.45) is 21.1 Å². The van der Waals surface area contributed by atoms with E-state index in [2.05, 4.69) is 46.2 Å². The number of imidazole rings is 1. The first kappa shape index (κ1) is 25.2. The molecule has 8 rings (SSSR count). The highest BCUT2D eigenvalue weighted by Crippen LogP contribution is 2.49. The van der Waals surface area contributed by atoms with E-state index in [9.17, 15) is 0 Å². The van der Waals surface area contributed by atoms with Gasteiger partial charge in [-0.05, 0) is 37.8 Å². The Bertz CT molecular complexity index is 1970. The number of pyridine rings is 1. The molecule has 0 spiro atoms. The van der Waals surface area contributed by atoms with Crippen LogP contribution in [0.15, 0.2) is 42.9 Å². The maximum absolute atomic E-state index is 5.91. The first-order valence-corrected chi connectivity index (χ1v) is 14.5. The molecule has 42 heavy (non-hydrogen) atoms. The molecule has 5 heterocycles. The second-order valence-corrected chi connectivity index (χ2v) is 11.6. The number of hydrogen-bond acceptors (Lipinski definition) is 7. The van der Waals surface area contributed by atoms with Crippen molar-refractivity contribution in [1.82, 2.24) is 43.9 Å². The van der Waals surface area contributed by atoms with Gasteiger partial charge in [0.1, 0.15) is 18.1 Å². The van der Waals surface area contributed by atoms with E-state index in [0.29, 0.717) is 30.9 Å². The number of rotatable bonds is 9. The number of methoxy groups -OCH3 is 1. The van der Waals surface area contributed by atoms with Crippen molar-refractivity contribution in [3.05, 3.63) is 54.2 Å². The van der Waals surface area contributed by atoms with Crippen molar-refractivity contribution in [3.63, 3.8) is 0 Å². The van der Waals surface area contributed by atoms with Gasteiger partial charge in [-0.25, -0.2) is 14.6 Å². The number of nitrogens with zero attached hydrogens (tertiary/aromatic N) is 9. The van der Waals surface area contributed by atoms with Crippen molar-refractivity contribution in [2.45, 2.75) is 37.5 Å². The Morgan fingerprint density at radius 2 is 1.67 bits per heavy atom. The van der Waals surface area contributed by atoms with Gasteiger partial charge in [-0.15, -0.1) is 5.10 Å². The van der Waals surface area contributed by atoms with Gasteiger partial charge in [0.05, 0.1) is 29.7 Å². The molecule has 0 atom stereocenters. The Labute approximate surface area is 242 Å². The van der Waals surface area contributed by atoms with Crippen LogP contribution in [0.3, 0.4) is 0 Å². The predicted molar refractivity (Wildman–Crippen MR) is 159 cm³/mol. The zero-order valence-electron chi connectivity index (χ0n) is 24.3. The topological polar surface area (TPSA) is 103 Å². The summed E-state index contributed by atoms with van der Waals surface area (Å²) in [6, 6.07) is 8.51. The third kappa shape index (κ3) is 4.18. The standard InChI is InChI=1S/C31H33N9O2/c1-37-15-20-14-22(26(18-8-9-18)32-29(20)35-37)30-33-27(28(39(30)3)19-10-11-19)21-6-5-7-24-23(21)16-40(34-24)25-17-38(2)36-31(25)42-13-12-41-4/h5-7,14-19H,8-13H2,1-4H3. The summed E-state index contributed by atoms with van der Waals surface area (Å²) in [6.07, 6.45) is 10.7. The zero-order valence-corrected chi connectivity index (χ0v) is 24.3. The second kappa shape index (κ2) is 9.52. The summed E-state index contributed by atoms with van der Waals surface area (Å²) in [5.41, 5.74) is 8.10. The lowest BCUT2D eigenvalue weighted by atomic mass is 10.0. The minimum Gasteiger partial charge on any atom is -0.473 e. The molecule has 5 aromatic heterocycles. The van der Waals surface area contributed by atoms with E-state index >= 15 is 0 Å². The van der Waals surface area contributed by atoms with Crippen LogP contribution in [0.4, 0.5) is 0 Å². The number of aromatic nitrogens is 9. The Morgan fingerprint density at radius 3 is 2.45 bits per heavy atom. The van der Waals surface area contributed by atoms with Crippen LogP contribution in [0.2, 0.25) is 0 Å². The summed E-state index contributed by atoms with van der Waals surface area (Å²) in [5, 5.41) is 16.1. The van der Waals surface area contributed by atoms with Crippen LogP contribution in [0.5, 0.6) is 5.88 Å². The van der Waals surface area contributed by atoms with Gasteiger partial charge < -0.3 is 14.0 Å². The van der Waals surface area contributed by atoms with Gasteiger partial charge in [0.2, 0.25) is 0 Å². The lowest BCUT2D eigenvalue weighted by Crippen LogP contribution is -2.06. The van der Waals surface area contributed by atoms with Gasteiger partial charge in [0.15, 0.2) is 5.65 Å². The molecule has 0 N–H and O–H groups in total. The molecule has 11 heteroatoms. The fourth-order valence-corrected chi connectivity index (χ4v) is 6.02. The number of benzene rings is 1. The van der Waals surface area contributed by atoms with Crippen molar-refractivity contribution >= 4 is 21.9 Å². The Kier molecular flexibility index (Phi) is 5.72. The maximum Gasteiger partial charge on any atom is 0.259 e. The third-order valence-corrected chi connectivity index (χ3v) is 8.30. The average molecular weight is 564 g/mol. The smallest absolute Gasteiger partial charge is 0.259 e. The zero-order chi connectivity index (χ0) is 28.5. The molecule has 2 aliphatic carbocycles. The highest BCUT2D eigenvalue weighted by molar-refractivity contribution is 5.95. The predicted octanol–water partition coefficient (Wildman–Crippen LogP) is 4.89. The highest BCUT2D eigenvalue weighted by Gasteiger charge is 2.35. The third-order valence-electron chi connectivity index (χ3n) is 8.30. The Hall–Kier alpha value is -4.51. The van der Waals surface area contributed by atoms with Crippen molar-refractivity contribution in [3.8, 4) is 34.2 Å². The summed E-state index contributed by atoms with van der Waals surface area (Å²) in [4.78, 5) is 10.4. The van der Waals surface area contributed by atoms with E-state index in [0.717, 1.165) is 68.8 Å². The van der Waals surface area contributed by atoms with Crippen LogP contribution in [0.25, 0.3) is 50.3 Å². The van der Waals surface area contributed by atoms with Gasteiger partial charge in [-0.3, -0.25) is 9.36 Å². The fourth-order valence-electron chi connectivity index (χ4n) is 6.02. The molecular formula is C31H33N9O2. The lowest BCUT2D eigenvalue weighted by molar-refractivity contribution is 0.143. The van der Waals surface area contributed by atoms with Crippen molar-refractivity contribution in [2.75, 3.05) is 20.3 Å². The molecule has 2 fully saturated rings. The normalized spacial score (nSPS) is 15.3. The molecule has 2 aliphatic rings. The second-order valence-electron chi connectivity index (χ2n) is 11.6. The molecule has 6 aromatic rings. The van der Waals surface area contributed by atoms with Crippen molar-refractivity contribution < 1.29 is 9.47 Å². The van der Waals surface area contributed by atoms with Gasteiger partial charge in [-0.1, -0.05) is 12.1 Å². The van der Waals surface area contributed by atoms with Crippen LogP contribution >= 0.6 is 0 Å². The molecule has 2 saturated carbocycles. The summed E-state index contributed by atoms with van der Waals surface area (Å²) < 4.78 is 18.8. The van der Waals surface area contributed by atoms with Gasteiger partial charge in [0.25, 0.3) is 5.88 Å². The number of ether oxygens (including phenoxy) is 2. The van der Waals surface area contributed by atoms with Crippen LogP contribution in [0, 0.1) is 0 Å². The van der Waals surface area contributed by atoms with E-state index in [1.54, 1.807) is 11.8 Å². The first-order valence-electron chi connectivity index (χ1n) is 14.5. The van der Waals surface area contributed by atoms with E-state index < -0.39 is 0 Å². The molecule has 214 valence electrons. The molecule has 0 radical (unpaired) electrons. The van der Waals surface area contributed by atoms with Gasteiger partial charge >= 0.3 is 0 Å². The summed E-state index contributed by atoms with van der Waals surface area (Å²) in [6.45, 7) is 0.898. The van der Waals surface area contributed by atoms with E-state index in [4.69, 9.17) is 24.5 Å². The minimum absolute atomic E-state index is 0.413. The monoisotopic (exact) mass is 563 g/mol. The summed E-state index contributed by atoms with van der Waals surface area (Å²) in [5.74, 6) is 2.46. The van der Waals surface area contributed by atoms with Crippen LogP contribution < -0.4 is 4.74 Å². The maximum atomic E-state index is 5.91. The van der Waals surface area contributed by atoms with Crippen LogP contribution in [0.1, 0.15) is 48.9 Å². The van der Waals surface area contributed by atoms with Gasteiger partial charge in [0, 0.05) is 80.1 Å². The summed E-state index contributed by atoms with van der Waals surface area (Å²) in [7, 11) is 7.64. The first-order chi connectivity index (χ1) is 20.5. The minimum atomic E-state index is 0.413. The number of hydrogen-bond donors (Lipinski definition) is 0. The SMILES string of the molecule is COCCOc1nn(C)cc1-n1cc2c(-c3nc(-c4cc5cn(C)nc5nc4C4CC4)n(C)c3C3CC3)cccc2n1. The van der Waals surface area contributed by atoms with E-state index in [-0.39, 0.29) is 0 Å². The largest absolute Gasteiger partial charge is 0.473 e. The fraction of sp³-hybridized carbons (Fsp3) is 0.387. The molecule has 0 saturated heterocycles. The molecule has 0 aliphatic heterocycles. The van der Waals surface area contributed by atoms with Crippen LogP contribution in [-0.2, 0) is 25.9 Å². The Morgan fingerprint density at radius 1 is 0.857 bits per heavy atom. The number of aryl methyl sites for hydroxylation is 2. The molecular weight excluding hydrogens is 530 g/mol. The lowest BCUT2D eigenvalue weighted by Gasteiger charge is -2.10. The van der Waals surface area contributed by atoms with E-state index in [1.165, 1.54) is 18.5 Å². The highest BCUT2D eigenvalue weighted by atomic mass is 16.5. The quantitative estimate of drug-likeness (QED) is 0.231. The molecule has 0 bridgehead atoms. The summed E-state index contributed by atoms with van der Waals surface area (Å²) >= 11 is 0. The average Bonchev–Trinajstić information content (AvgIpc) is 3.85. The molecule has 0 unspecified atom stereocenters. The molecule has 0 amide bonds. The Balaban J connectivity index is 1.27. The number of fused-ring (bicyclic) bond motifs is 2. The van der Waals surface area contributed by atoms with Gasteiger partial charge in [-0.2, -0.15) is 10.2 Å². The molecule has 11 nitrogen and oxygen atoms in total. The van der Waals surface area contributed by atoms with Crippen LogP contribution in [-0.4, -0.2) is 64.2 Å².